The molecule has 0 saturated heterocycles. The number of hydrogen-bond donors (Lipinski definition) is 1. The molecule has 0 saturated carbocycles. The Balaban J connectivity index is 2.41. The van der Waals surface area contributed by atoms with Gasteiger partial charge in [-0.3, -0.25) is 0 Å². The van der Waals surface area contributed by atoms with Gasteiger partial charge in [-0.05, 0) is 20.3 Å². The predicted molar refractivity (Wildman–Crippen MR) is 72.0 cm³/mol. The van der Waals surface area contributed by atoms with Crippen molar-refractivity contribution >= 4 is 17.4 Å². The molecule has 0 amide bonds. The Morgan fingerprint density at radius 2 is 2.00 bits per heavy atom. The van der Waals surface area contributed by atoms with Crippen LogP contribution >= 0.6 is 11.6 Å². The normalized spacial score (nSPS) is 10.6. The van der Waals surface area contributed by atoms with Crippen molar-refractivity contribution in [1.82, 2.24) is 9.97 Å². The first-order valence-electron chi connectivity index (χ1n) is 6.19. The third kappa shape index (κ3) is 6.14. The van der Waals surface area contributed by atoms with Crippen LogP contribution in [0.1, 0.15) is 26.1 Å². The molecule has 6 heteroatoms. The van der Waals surface area contributed by atoms with Crippen LogP contribution < -0.4 is 5.32 Å². The van der Waals surface area contributed by atoms with E-state index in [0.29, 0.717) is 24.2 Å². The van der Waals surface area contributed by atoms with Crippen molar-refractivity contribution in [3.63, 3.8) is 0 Å². The largest absolute Gasteiger partial charge is 0.382 e. The Hall–Kier alpha value is -0.910. The summed E-state index contributed by atoms with van der Waals surface area (Å²) in [6.07, 6.45) is 0.927. The van der Waals surface area contributed by atoms with E-state index in [9.17, 15) is 0 Å². The monoisotopic (exact) mass is 273 g/mol. The molecule has 1 N–H and O–H groups in total. The zero-order chi connectivity index (χ0) is 13.2. The van der Waals surface area contributed by atoms with Gasteiger partial charge in [0.1, 0.15) is 17.6 Å². The number of ether oxygens (including phenoxy) is 2. The van der Waals surface area contributed by atoms with Crippen LogP contribution in [0.15, 0.2) is 6.07 Å². The van der Waals surface area contributed by atoms with Crippen molar-refractivity contribution in [2.45, 2.75) is 26.9 Å². The van der Waals surface area contributed by atoms with E-state index >= 15 is 0 Å². The molecule has 0 radical (unpaired) electrons. The third-order valence-corrected chi connectivity index (χ3v) is 2.35. The molecule has 1 rings (SSSR count). The molecule has 18 heavy (non-hydrogen) atoms. The topological polar surface area (TPSA) is 56.3 Å². The predicted octanol–water partition coefficient (Wildman–Crippen LogP) is 2.51. The zero-order valence-corrected chi connectivity index (χ0v) is 11.7. The summed E-state index contributed by atoms with van der Waals surface area (Å²) in [5, 5.41) is 3.61. The molecular weight excluding hydrogens is 254 g/mol. The molecule has 1 aromatic heterocycles. The van der Waals surface area contributed by atoms with Gasteiger partial charge in [0.05, 0.1) is 0 Å². The van der Waals surface area contributed by atoms with Crippen LogP contribution in [0.5, 0.6) is 0 Å². The second kappa shape index (κ2) is 9.08. The van der Waals surface area contributed by atoms with Gasteiger partial charge in [0.25, 0.3) is 0 Å². The van der Waals surface area contributed by atoms with E-state index < -0.39 is 0 Å². The van der Waals surface area contributed by atoms with Crippen LogP contribution in [-0.2, 0) is 16.1 Å². The summed E-state index contributed by atoms with van der Waals surface area (Å²) in [5.41, 5.74) is 0. The average molecular weight is 274 g/mol. The van der Waals surface area contributed by atoms with Crippen molar-refractivity contribution in [2.24, 2.45) is 0 Å². The molecule has 0 spiro atoms. The molecule has 102 valence electrons. The van der Waals surface area contributed by atoms with E-state index in [1.54, 1.807) is 6.07 Å². The van der Waals surface area contributed by atoms with Gasteiger partial charge in [-0.15, -0.1) is 0 Å². The molecule has 1 aromatic rings. The summed E-state index contributed by atoms with van der Waals surface area (Å²) in [6.45, 7) is 7.21. The van der Waals surface area contributed by atoms with Crippen LogP contribution in [-0.4, -0.2) is 36.3 Å². The van der Waals surface area contributed by atoms with E-state index in [4.69, 9.17) is 21.1 Å². The Bertz CT molecular complexity index is 350. The lowest BCUT2D eigenvalue weighted by atomic mass is 10.4. The first-order valence-corrected chi connectivity index (χ1v) is 6.56. The van der Waals surface area contributed by atoms with Crippen LogP contribution in [0.4, 0.5) is 5.82 Å². The van der Waals surface area contributed by atoms with Gasteiger partial charge >= 0.3 is 0 Å². The molecule has 0 aliphatic carbocycles. The van der Waals surface area contributed by atoms with Gasteiger partial charge in [0.15, 0.2) is 5.82 Å². The highest BCUT2D eigenvalue weighted by Gasteiger charge is 2.03. The van der Waals surface area contributed by atoms with E-state index in [1.165, 1.54) is 0 Å². The summed E-state index contributed by atoms with van der Waals surface area (Å²) < 4.78 is 10.5. The number of anilines is 1. The number of hydrogen-bond acceptors (Lipinski definition) is 5. The Kier molecular flexibility index (Phi) is 7.64. The van der Waals surface area contributed by atoms with Crippen molar-refractivity contribution < 1.29 is 9.47 Å². The fourth-order valence-electron chi connectivity index (χ4n) is 1.35. The summed E-state index contributed by atoms with van der Waals surface area (Å²) in [6, 6.07) is 1.71. The SMILES string of the molecule is CCOCCCNc1cc(Cl)nc(COCC)n1. The average Bonchev–Trinajstić information content (AvgIpc) is 2.35. The molecule has 0 fully saturated rings. The number of nitrogens with zero attached hydrogens (tertiary/aromatic N) is 2. The molecule has 5 nitrogen and oxygen atoms in total. The lowest BCUT2D eigenvalue weighted by molar-refractivity contribution is 0.128. The fourth-order valence-corrected chi connectivity index (χ4v) is 1.55. The molecule has 0 atom stereocenters. The van der Waals surface area contributed by atoms with Crippen molar-refractivity contribution in [3.05, 3.63) is 17.0 Å². The van der Waals surface area contributed by atoms with Crippen LogP contribution in [0.25, 0.3) is 0 Å². The Morgan fingerprint density at radius 1 is 1.22 bits per heavy atom. The zero-order valence-electron chi connectivity index (χ0n) is 10.9. The summed E-state index contributed by atoms with van der Waals surface area (Å²) >= 11 is 5.92. The molecular formula is C12H20ClN3O2. The van der Waals surface area contributed by atoms with E-state index in [-0.39, 0.29) is 0 Å². The minimum absolute atomic E-state index is 0.380. The first-order chi connectivity index (χ1) is 8.76. The number of aromatic nitrogens is 2. The molecule has 0 aromatic carbocycles. The molecule has 0 bridgehead atoms. The third-order valence-electron chi connectivity index (χ3n) is 2.15. The summed E-state index contributed by atoms with van der Waals surface area (Å²) in [4.78, 5) is 8.41. The van der Waals surface area contributed by atoms with Gasteiger partial charge in [0, 0.05) is 32.4 Å². The van der Waals surface area contributed by atoms with Gasteiger partial charge < -0.3 is 14.8 Å². The minimum atomic E-state index is 0.380. The molecule has 0 aliphatic heterocycles. The minimum Gasteiger partial charge on any atom is -0.382 e. The summed E-state index contributed by atoms with van der Waals surface area (Å²) in [7, 11) is 0. The van der Waals surface area contributed by atoms with Crippen LogP contribution in [0.2, 0.25) is 5.15 Å². The highest BCUT2D eigenvalue weighted by Crippen LogP contribution is 2.12. The van der Waals surface area contributed by atoms with Crippen LogP contribution in [0.3, 0.4) is 0 Å². The van der Waals surface area contributed by atoms with E-state index in [0.717, 1.165) is 32.0 Å². The smallest absolute Gasteiger partial charge is 0.158 e. The quantitative estimate of drug-likeness (QED) is 0.553. The van der Waals surface area contributed by atoms with Crippen molar-refractivity contribution in [1.29, 1.82) is 0 Å². The highest BCUT2D eigenvalue weighted by molar-refractivity contribution is 6.29. The first kappa shape index (κ1) is 15.1. The lowest BCUT2D eigenvalue weighted by Gasteiger charge is -2.08. The van der Waals surface area contributed by atoms with Crippen molar-refractivity contribution in [2.75, 3.05) is 31.7 Å². The molecule has 0 aliphatic rings. The maximum Gasteiger partial charge on any atom is 0.158 e. The Morgan fingerprint density at radius 3 is 2.72 bits per heavy atom. The number of rotatable bonds is 9. The second-order valence-corrected chi connectivity index (χ2v) is 3.99. The van der Waals surface area contributed by atoms with Gasteiger partial charge in [-0.2, -0.15) is 0 Å². The maximum absolute atomic E-state index is 5.92. The summed E-state index contributed by atoms with van der Waals surface area (Å²) in [5.74, 6) is 1.32. The van der Waals surface area contributed by atoms with Gasteiger partial charge in [-0.1, -0.05) is 11.6 Å². The number of halogens is 1. The van der Waals surface area contributed by atoms with Gasteiger partial charge in [-0.25, -0.2) is 9.97 Å². The molecule has 0 unspecified atom stereocenters. The second-order valence-electron chi connectivity index (χ2n) is 3.61. The lowest BCUT2D eigenvalue weighted by Crippen LogP contribution is -2.09. The van der Waals surface area contributed by atoms with Gasteiger partial charge in [0.2, 0.25) is 0 Å². The maximum atomic E-state index is 5.92. The molecule has 1 heterocycles. The number of nitrogens with one attached hydrogen (secondary N) is 1. The fraction of sp³-hybridized carbons (Fsp3) is 0.667. The van der Waals surface area contributed by atoms with Crippen molar-refractivity contribution in [3.8, 4) is 0 Å². The standard InChI is InChI=1S/C12H20ClN3O2/c1-3-17-7-5-6-14-11-8-10(13)15-12(16-11)9-18-4-2/h8H,3-7,9H2,1-2H3,(H,14,15,16). The van der Waals surface area contributed by atoms with Crippen LogP contribution in [0, 0.1) is 0 Å². The highest BCUT2D eigenvalue weighted by atomic mass is 35.5. The van der Waals surface area contributed by atoms with E-state index in [1.807, 2.05) is 13.8 Å². The Labute approximate surface area is 113 Å². The van der Waals surface area contributed by atoms with E-state index in [2.05, 4.69) is 15.3 Å².